The summed E-state index contributed by atoms with van der Waals surface area (Å²) in [6, 6.07) is 14.8. The maximum atomic E-state index is 13.9. The molecular weight excluding hydrogens is 337 g/mol. The third kappa shape index (κ3) is 3.62. The zero-order valence-electron chi connectivity index (χ0n) is 11.2. The fourth-order valence-electron chi connectivity index (χ4n) is 1.98. The molecule has 0 heterocycles. The first-order chi connectivity index (χ1) is 9.63. The summed E-state index contributed by atoms with van der Waals surface area (Å²) in [5, 5.41) is 0.0208. The lowest BCUT2D eigenvalue weighted by molar-refractivity contribution is 0.597. The van der Waals surface area contributed by atoms with Crippen molar-refractivity contribution in [3.8, 4) is 0 Å². The number of thioether (sulfide) groups is 1. The molecule has 0 aliphatic rings. The third-order valence-electron chi connectivity index (χ3n) is 3.16. The van der Waals surface area contributed by atoms with E-state index in [0.717, 1.165) is 16.5 Å². The highest BCUT2D eigenvalue weighted by molar-refractivity contribution is 9.10. The van der Waals surface area contributed by atoms with Crippen LogP contribution < -0.4 is 5.73 Å². The summed E-state index contributed by atoms with van der Waals surface area (Å²) in [4.78, 5) is 0.636. The van der Waals surface area contributed by atoms with Gasteiger partial charge in [-0.3, -0.25) is 0 Å². The number of halogens is 2. The molecule has 2 unspecified atom stereocenters. The lowest BCUT2D eigenvalue weighted by Crippen LogP contribution is -2.26. The van der Waals surface area contributed by atoms with Crippen molar-refractivity contribution in [3.63, 3.8) is 0 Å². The predicted molar refractivity (Wildman–Crippen MR) is 87.4 cm³/mol. The number of hydrogen-bond donors (Lipinski definition) is 1. The summed E-state index contributed by atoms with van der Waals surface area (Å²) in [5.41, 5.74) is 7.36. The van der Waals surface area contributed by atoms with Gasteiger partial charge in [-0.25, -0.2) is 4.39 Å². The molecule has 0 bridgehead atoms. The molecule has 106 valence electrons. The molecule has 2 N–H and O–H groups in total. The maximum absolute atomic E-state index is 13.9. The number of nitrogens with two attached hydrogens (primary N) is 1. The molecule has 2 rings (SSSR count). The Morgan fingerprint density at radius 3 is 2.45 bits per heavy atom. The Labute approximate surface area is 131 Å². The van der Waals surface area contributed by atoms with Gasteiger partial charge in [0.2, 0.25) is 0 Å². The Kier molecular flexibility index (Phi) is 5.64. The van der Waals surface area contributed by atoms with Crippen LogP contribution in [0, 0.1) is 5.82 Å². The highest BCUT2D eigenvalue weighted by atomic mass is 79.9. The van der Waals surface area contributed by atoms with E-state index in [1.165, 1.54) is 17.8 Å². The monoisotopic (exact) mass is 353 g/mol. The lowest BCUT2D eigenvalue weighted by atomic mass is 10.0. The fourth-order valence-corrected chi connectivity index (χ4v) is 3.97. The van der Waals surface area contributed by atoms with Crippen molar-refractivity contribution in [2.45, 2.75) is 29.5 Å². The largest absolute Gasteiger partial charge is 0.326 e. The molecule has 0 aliphatic carbocycles. The Balaban J connectivity index is 2.35. The van der Waals surface area contributed by atoms with Crippen LogP contribution in [0.1, 0.15) is 24.2 Å². The van der Waals surface area contributed by atoms with Gasteiger partial charge in [0.1, 0.15) is 5.82 Å². The van der Waals surface area contributed by atoms with Crippen molar-refractivity contribution in [2.24, 2.45) is 5.73 Å². The van der Waals surface area contributed by atoms with Gasteiger partial charge in [-0.15, -0.1) is 11.8 Å². The topological polar surface area (TPSA) is 26.0 Å². The van der Waals surface area contributed by atoms with Crippen molar-refractivity contribution in [1.82, 2.24) is 0 Å². The van der Waals surface area contributed by atoms with E-state index in [1.54, 1.807) is 12.1 Å². The quantitative estimate of drug-likeness (QED) is 0.751. The standard InChI is InChI=1S/C16H17BrFNS/c1-2-14(19)16(11-7-3-4-8-12(11)17)20-15-10-6-5-9-13(15)18/h3-10,14,16H,2,19H2,1H3. The Bertz CT molecular complexity index is 576. The normalized spacial score (nSPS) is 14.0. The number of hydrogen-bond acceptors (Lipinski definition) is 2. The molecule has 0 saturated heterocycles. The minimum absolute atomic E-state index is 0.0208. The molecule has 0 aliphatic heterocycles. The van der Waals surface area contributed by atoms with E-state index in [-0.39, 0.29) is 17.1 Å². The van der Waals surface area contributed by atoms with E-state index >= 15 is 0 Å². The third-order valence-corrected chi connectivity index (χ3v) is 5.33. The summed E-state index contributed by atoms with van der Waals surface area (Å²) >= 11 is 5.05. The van der Waals surface area contributed by atoms with Gasteiger partial charge in [-0.2, -0.15) is 0 Å². The lowest BCUT2D eigenvalue weighted by Gasteiger charge is -2.24. The molecule has 0 spiro atoms. The average Bonchev–Trinajstić information content (AvgIpc) is 2.47. The van der Waals surface area contributed by atoms with Crippen LogP contribution in [-0.4, -0.2) is 6.04 Å². The molecular formula is C16H17BrFNS. The van der Waals surface area contributed by atoms with Crippen LogP contribution in [-0.2, 0) is 0 Å². The first-order valence-corrected chi connectivity index (χ1v) is 8.22. The Morgan fingerprint density at radius 2 is 1.80 bits per heavy atom. The van der Waals surface area contributed by atoms with Crippen LogP contribution in [0.4, 0.5) is 4.39 Å². The molecule has 2 aromatic carbocycles. The molecule has 1 nitrogen and oxygen atoms in total. The van der Waals surface area contributed by atoms with E-state index in [1.807, 2.05) is 30.3 Å². The second-order valence-electron chi connectivity index (χ2n) is 4.56. The van der Waals surface area contributed by atoms with Gasteiger partial charge in [0, 0.05) is 15.4 Å². The van der Waals surface area contributed by atoms with E-state index < -0.39 is 0 Å². The van der Waals surface area contributed by atoms with Crippen LogP contribution in [0.5, 0.6) is 0 Å². The smallest absolute Gasteiger partial charge is 0.136 e. The average molecular weight is 354 g/mol. The van der Waals surface area contributed by atoms with Crippen LogP contribution in [0.2, 0.25) is 0 Å². The van der Waals surface area contributed by atoms with Crippen LogP contribution in [0.15, 0.2) is 57.9 Å². The minimum Gasteiger partial charge on any atom is -0.326 e. The summed E-state index contributed by atoms with van der Waals surface area (Å²) in [6.45, 7) is 2.05. The van der Waals surface area contributed by atoms with E-state index in [2.05, 4.69) is 22.9 Å². The van der Waals surface area contributed by atoms with Crippen LogP contribution >= 0.6 is 27.7 Å². The van der Waals surface area contributed by atoms with Gasteiger partial charge in [0.05, 0.1) is 5.25 Å². The molecule has 0 fully saturated rings. The number of rotatable bonds is 5. The fraction of sp³-hybridized carbons (Fsp3) is 0.250. The molecule has 20 heavy (non-hydrogen) atoms. The van der Waals surface area contributed by atoms with Gasteiger partial charge in [0.15, 0.2) is 0 Å². The molecule has 4 heteroatoms. The second-order valence-corrected chi connectivity index (χ2v) is 6.60. The van der Waals surface area contributed by atoms with Gasteiger partial charge in [-0.1, -0.05) is 53.2 Å². The molecule has 0 amide bonds. The highest BCUT2D eigenvalue weighted by Crippen LogP contribution is 2.41. The SMILES string of the molecule is CCC(N)C(Sc1ccccc1F)c1ccccc1Br. The van der Waals surface area contributed by atoms with Gasteiger partial charge < -0.3 is 5.73 Å². The Morgan fingerprint density at radius 1 is 1.15 bits per heavy atom. The van der Waals surface area contributed by atoms with Crippen molar-refractivity contribution >= 4 is 27.7 Å². The maximum Gasteiger partial charge on any atom is 0.136 e. The first kappa shape index (κ1) is 15.5. The summed E-state index contributed by atoms with van der Waals surface area (Å²) in [6.07, 6.45) is 0.841. The molecule has 0 aromatic heterocycles. The van der Waals surface area contributed by atoms with E-state index in [9.17, 15) is 4.39 Å². The zero-order valence-corrected chi connectivity index (χ0v) is 13.6. The molecule has 0 saturated carbocycles. The number of benzene rings is 2. The first-order valence-electron chi connectivity index (χ1n) is 6.54. The van der Waals surface area contributed by atoms with E-state index in [4.69, 9.17) is 5.73 Å². The molecule has 2 atom stereocenters. The second kappa shape index (κ2) is 7.25. The van der Waals surface area contributed by atoms with E-state index in [0.29, 0.717) is 4.90 Å². The molecule has 0 radical (unpaired) electrons. The summed E-state index contributed by atoms with van der Waals surface area (Å²) in [5.74, 6) is -0.196. The Hall–Kier alpha value is -0.840. The van der Waals surface area contributed by atoms with Gasteiger partial charge in [-0.05, 0) is 30.2 Å². The summed E-state index contributed by atoms with van der Waals surface area (Å²) < 4.78 is 14.9. The summed E-state index contributed by atoms with van der Waals surface area (Å²) in [7, 11) is 0. The highest BCUT2D eigenvalue weighted by Gasteiger charge is 2.23. The van der Waals surface area contributed by atoms with Gasteiger partial charge >= 0.3 is 0 Å². The van der Waals surface area contributed by atoms with Crippen molar-refractivity contribution in [2.75, 3.05) is 0 Å². The molecule has 2 aromatic rings. The van der Waals surface area contributed by atoms with Gasteiger partial charge in [0.25, 0.3) is 0 Å². The van der Waals surface area contributed by atoms with Crippen molar-refractivity contribution in [3.05, 3.63) is 64.4 Å². The van der Waals surface area contributed by atoms with Crippen molar-refractivity contribution in [1.29, 1.82) is 0 Å². The van der Waals surface area contributed by atoms with Crippen LogP contribution in [0.25, 0.3) is 0 Å². The van der Waals surface area contributed by atoms with Crippen molar-refractivity contribution < 1.29 is 4.39 Å². The minimum atomic E-state index is -0.196. The van der Waals surface area contributed by atoms with Crippen LogP contribution in [0.3, 0.4) is 0 Å². The zero-order chi connectivity index (χ0) is 14.5. The predicted octanol–water partition coefficient (Wildman–Crippen LogP) is 5.16.